The zero-order valence-electron chi connectivity index (χ0n) is 15.6. The molecule has 3 aromatic rings. The maximum atomic E-state index is 4.63. The Balaban J connectivity index is 1.80. The summed E-state index contributed by atoms with van der Waals surface area (Å²) in [4.78, 5) is 11.3. The molecule has 0 spiro atoms. The van der Waals surface area contributed by atoms with Crippen LogP contribution in [0.5, 0.6) is 0 Å². The van der Waals surface area contributed by atoms with Gasteiger partial charge in [-0.05, 0) is 31.5 Å². The van der Waals surface area contributed by atoms with Gasteiger partial charge in [-0.25, -0.2) is 9.97 Å². The van der Waals surface area contributed by atoms with Crippen molar-refractivity contribution in [1.29, 1.82) is 0 Å². The number of nitrogens with zero attached hydrogens (tertiary/aromatic N) is 4. The van der Waals surface area contributed by atoms with E-state index in [0.29, 0.717) is 5.82 Å². The van der Waals surface area contributed by atoms with E-state index in [2.05, 4.69) is 37.5 Å². The molecular weight excluding hydrogens is 322 g/mol. The number of anilines is 2. The summed E-state index contributed by atoms with van der Waals surface area (Å²) in [7, 11) is 4.05. The molecule has 26 heavy (non-hydrogen) atoms. The number of hydrazone groups is 1. The van der Waals surface area contributed by atoms with Crippen LogP contribution < -0.4 is 10.3 Å². The van der Waals surface area contributed by atoms with Crippen LogP contribution in [0.4, 0.5) is 11.5 Å². The molecule has 0 fully saturated rings. The molecule has 0 aliphatic rings. The predicted octanol–water partition coefficient (Wildman–Crippen LogP) is 4.27. The molecule has 0 unspecified atom stereocenters. The lowest BCUT2D eigenvalue weighted by atomic mass is 10.2. The van der Waals surface area contributed by atoms with Crippen LogP contribution in [0.25, 0.3) is 11.4 Å². The van der Waals surface area contributed by atoms with E-state index < -0.39 is 0 Å². The van der Waals surface area contributed by atoms with Gasteiger partial charge in [-0.3, -0.25) is 5.43 Å². The molecule has 3 rings (SSSR count). The average molecular weight is 345 g/mol. The van der Waals surface area contributed by atoms with Gasteiger partial charge in [0.05, 0.1) is 6.21 Å². The van der Waals surface area contributed by atoms with Crippen molar-refractivity contribution in [2.75, 3.05) is 24.4 Å². The second kappa shape index (κ2) is 7.78. The first-order valence-corrected chi connectivity index (χ1v) is 8.51. The maximum Gasteiger partial charge on any atom is 0.161 e. The van der Waals surface area contributed by atoms with E-state index in [-0.39, 0.29) is 0 Å². The minimum atomic E-state index is 0.696. The van der Waals surface area contributed by atoms with Crippen molar-refractivity contribution in [2.45, 2.75) is 13.8 Å². The van der Waals surface area contributed by atoms with Gasteiger partial charge in [0.1, 0.15) is 0 Å². The Morgan fingerprint density at radius 1 is 0.923 bits per heavy atom. The smallest absolute Gasteiger partial charge is 0.161 e. The summed E-state index contributed by atoms with van der Waals surface area (Å²) < 4.78 is 0. The van der Waals surface area contributed by atoms with E-state index in [1.165, 1.54) is 0 Å². The van der Waals surface area contributed by atoms with Crippen molar-refractivity contribution in [3.8, 4) is 11.4 Å². The number of nitrogens with one attached hydrogen (secondary N) is 1. The zero-order chi connectivity index (χ0) is 18.5. The Kier molecular flexibility index (Phi) is 5.27. The third kappa shape index (κ3) is 4.06. The fourth-order valence-corrected chi connectivity index (χ4v) is 2.48. The van der Waals surface area contributed by atoms with Gasteiger partial charge in [-0.1, -0.05) is 42.5 Å². The summed E-state index contributed by atoms with van der Waals surface area (Å²) in [5, 5.41) is 4.34. The highest BCUT2D eigenvalue weighted by molar-refractivity contribution is 5.81. The molecule has 0 bridgehead atoms. The first kappa shape index (κ1) is 17.6. The lowest BCUT2D eigenvalue weighted by Gasteiger charge is -2.11. The molecule has 0 atom stereocenters. The van der Waals surface area contributed by atoms with Gasteiger partial charge >= 0.3 is 0 Å². The van der Waals surface area contributed by atoms with E-state index in [9.17, 15) is 0 Å². The summed E-state index contributed by atoms with van der Waals surface area (Å²) in [6.07, 6.45) is 1.79. The Morgan fingerprint density at radius 3 is 2.27 bits per heavy atom. The summed E-state index contributed by atoms with van der Waals surface area (Å²) in [6.45, 7) is 3.98. The highest BCUT2D eigenvalue weighted by atomic mass is 15.3. The second-order valence-electron chi connectivity index (χ2n) is 6.33. The Morgan fingerprint density at radius 2 is 1.62 bits per heavy atom. The van der Waals surface area contributed by atoms with Crippen LogP contribution in [0.2, 0.25) is 0 Å². The summed E-state index contributed by atoms with van der Waals surface area (Å²) in [5.41, 5.74) is 8.15. The van der Waals surface area contributed by atoms with E-state index in [4.69, 9.17) is 0 Å². The van der Waals surface area contributed by atoms with Gasteiger partial charge in [0.2, 0.25) is 0 Å². The van der Waals surface area contributed by atoms with E-state index in [1.807, 2.05) is 70.4 Å². The number of aromatic nitrogens is 2. The van der Waals surface area contributed by atoms with Crippen LogP contribution in [-0.4, -0.2) is 30.3 Å². The van der Waals surface area contributed by atoms with Gasteiger partial charge in [-0.2, -0.15) is 5.10 Å². The number of benzene rings is 2. The van der Waals surface area contributed by atoms with E-state index in [1.54, 1.807) is 6.21 Å². The van der Waals surface area contributed by atoms with Crippen LogP contribution in [0, 0.1) is 13.8 Å². The number of hydrogen-bond donors (Lipinski definition) is 1. The highest BCUT2D eigenvalue weighted by Crippen LogP contribution is 2.21. The Hall–Kier alpha value is -3.21. The molecule has 2 aromatic carbocycles. The van der Waals surface area contributed by atoms with Crippen LogP contribution in [0.1, 0.15) is 16.8 Å². The van der Waals surface area contributed by atoms with Crippen LogP contribution in [-0.2, 0) is 0 Å². The fraction of sp³-hybridized carbons (Fsp3) is 0.190. The van der Waals surface area contributed by atoms with Gasteiger partial charge < -0.3 is 4.90 Å². The Bertz CT molecular complexity index is 900. The number of aryl methyl sites for hydroxylation is 1. The molecular formula is C21H23N5. The lowest BCUT2D eigenvalue weighted by Crippen LogP contribution is -2.08. The van der Waals surface area contributed by atoms with Crippen molar-refractivity contribution in [3.05, 3.63) is 71.4 Å². The molecule has 1 N–H and O–H groups in total. The molecule has 0 aliphatic carbocycles. The molecule has 132 valence electrons. The number of rotatable bonds is 5. The molecule has 1 aromatic heterocycles. The fourth-order valence-electron chi connectivity index (χ4n) is 2.48. The van der Waals surface area contributed by atoms with Crippen LogP contribution in [0.15, 0.2) is 59.7 Å². The standard InChI is InChI=1S/C21H23N5/c1-15-16(2)23-21(18-8-6-5-7-9-18)24-20(15)25-22-14-17-10-12-19(13-11-17)26(3)4/h5-14H,1-4H3,(H,23,24,25)/b22-14-. The minimum Gasteiger partial charge on any atom is -0.378 e. The molecule has 0 saturated heterocycles. The zero-order valence-corrected chi connectivity index (χ0v) is 15.6. The predicted molar refractivity (Wildman–Crippen MR) is 109 cm³/mol. The Labute approximate surface area is 154 Å². The van der Waals surface area contributed by atoms with Gasteiger partial charge in [-0.15, -0.1) is 0 Å². The third-order valence-electron chi connectivity index (χ3n) is 4.21. The van der Waals surface area contributed by atoms with Crippen molar-refractivity contribution < 1.29 is 0 Å². The largest absolute Gasteiger partial charge is 0.378 e. The van der Waals surface area contributed by atoms with E-state index in [0.717, 1.165) is 33.9 Å². The first-order chi connectivity index (χ1) is 12.5. The van der Waals surface area contributed by atoms with Crippen molar-refractivity contribution in [2.24, 2.45) is 5.10 Å². The monoisotopic (exact) mass is 345 g/mol. The van der Waals surface area contributed by atoms with Crippen molar-refractivity contribution in [1.82, 2.24) is 9.97 Å². The first-order valence-electron chi connectivity index (χ1n) is 8.51. The molecule has 1 heterocycles. The van der Waals surface area contributed by atoms with Crippen molar-refractivity contribution >= 4 is 17.7 Å². The van der Waals surface area contributed by atoms with E-state index >= 15 is 0 Å². The van der Waals surface area contributed by atoms with Crippen LogP contribution in [0.3, 0.4) is 0 Å². The summed E-state index contributed by atoms with van der Waals surface area (Å²) >= 11 is 0. The third-order valence-corrected chi connectivity index (χ3v) is 4.21. The average Bonchev–Trinajstić information content (AvgIpc) is 2.66. The number of hydrogen-bond acceptors (Lipinski definition) is 5. The molecule has 0 radical (unpaired) electrons. The SMILES string of the molecule is Cc1nc(-c2ccccc2)nc(N/N=C\c2ccc(N(C)C)cc2)c1C. The normalized spacial score (nSPS) is 10.9. The highest BCUT2D eigenvalue weighted by Gasteiger charge is 2.09. The molecule has 5 nitrogen and oxygen atoms in total. The maximum absolute atomic E-state index is 4.63. The van der Waals surface area contributed by atoms with Gasteiger partial charge in [0.15, 0.2) is 11.6 Å². The molecule has 5 heteroatoms. The topological polar surface area (TPSA) is 53.4 Å². The van der Waals surface area contributed by atoms with Crippen molar-refractivity contribution in [3.63, 3.8) is 0 Å². The lowest BCUT2D eigenvalue weighted by molar-refractivity contribution is 1.06. The molecule has 0 saturated carbocycles. The molecule has 0 amide bonds. The van der Waals surface area contributed by atoms with Gasteiger partial charge in [0.25, 0.3) is 0 Å². The quantitative estimate of drug-likeness (QED) is 0.554. The minimum absolute atomic E-state index is 0.696. The summed E-state index contributed by atoms with van der Waals surface area (Å²) in [5.74, 6) is 1.42. The second-order valence-corrected chi connectivity index (χ2v) is 6.33. The molecule has 0 aliphatic heterocycles. The van der Waals surface area contributed by atoms with Crippen LogP contribution >= 0.6 is 0 Å². The van der Waals surface area contributed by atoms with Gasteiger partial charge in [0, 0.05) is 36.6 Å². The summed E-state index contributed by atoms with van der Waals surface area (Å²) in [6, 6.07) is 18.2.